The van der Waals surface area contributed by atoms with Crippen LogP contribution in [0.2, 0.25) is 0 Å². The molecule has 3 rings (SSSR count). The summed E-state index contributed by atoms with van der Waals surface area (Å²) in [6.07, 6.45) is 4.06. The molecule has 1 aliphatic rings. The SMILES string of the molecule is CCN1CC[C@@H](CCc2ccc(NC(=O)CCn3nc(C)nc3C)cc2)[C@@H](C)C1. The van der Waals surface area contributed by atoms with Crippen molar-refractivity contribution in [1.29, 1.82) is 0 Å². The zero-order valence-corrected chi connectivity index (χ0v) is 18.3. The number of rotatable bonds is 8. The third-order valence-corrected chi connectivity index (χ3v) is 6.17. The van der Waals surface area contributed by atoms with E-state index < -0.39 is 0 Å². The van der Waals surface area contributed by atoms with Gasteiger partial charge in [0.25, 0.3) is 0 Å². The Hall–Kier alpha value is -2.21. The van der Waals surface area contributed by atoms with E-state index in [1.165, 1.54) is 38.0 Å². The normalized spacial score (nSPS) is 20.0. The average molecular weight is 398 g/mol. The highest BCUT2D eigenvalue weighted by Crippen LogP contribution is 2.27. The first-order valence-corrected chi connectivity index (χ1v) is 10.9. The Morgan fingerprint density at radius 3 is 2.62 bits per heavy atom. The van der Waals surface area contributed by atoms with Gasteiger partial charge in [0.1, 0.15) is 11.6 Å². The van der Waals surface area contributed by atoms with Gasteiger partial charge in [-0.2, -0.15) is 5.10 Å². The van der Waals surface area contributed by atoms with E-state index in [2.05, 4.69) is 46.3 Å². The number of amides is 1. The van der Waals surface area contributed by atoms with Gasteiger partial charge in [-0.3, -0.25) is 4.79 Å². The Bertz CT molecular complexity index is 798. The number of nitrogens with zero attached hydrogens (tertiary/aromatic N) is 4. The summed E-state index contributed by atoms with van der Waals surface area (Å²) < 4.78 is 1.78. The van der Waals surface area contributed by atoms with E-state index in [1.807, 2.05) is 26.0 Å². The van der Waals surface area contributed by atoms with Crippen LogP contribution in [0.3, 0.4) is 0 Å². The molecule has 2 heterocycles. The zero-order valence-electron chi connectivity index (χ0n) is 18.3. The van der Waals surface area contributed by atoms with Crippen LogP contribution in [0.4, 0.5) is 5.69 Å². The summed E-state index contributed by atoms with van der Waals surface area (Å²) in [5, 5.41) is 7.28. The molecular formula is C23H35N5O. The largest absolute Gasteiger partial charge is 0.326 e. The second kappa shape index (κ2) is 10.0. The molecule has 1 N–H and O–H groups in total. The van der Waals surface area contributed by atoms with Crippen molar-refractivity contribution in [3.8, 4) is 0 Å². The van der Waals surface area contributed by atoms with Gasteiger partial charge in [0.05, 0.1) is 6.54 Å². The Balaban J connectivity index is 1.42. The van der Waals surface area contributed by atoms with Crippen LogP contribution in [-0.4, -0.2) is 45.2 Å². The number of nitrogens with one attached hydrogen (secondary N) is 1. The zero-order chi connectivity index (χ0) is 20.8. The molecule has 6 nitrogen and oxygen atoms in total. The molecule has 1 aromatic carbocycles. The first kappa shape index (κ1) is 21.5. The predicted molar refractivity (Wildman–Crippen MR) is 117 cm³/mol. The Morgan fingerprint density at radius 1 is 1.24 bits per heavy atom. The smallest absolute Gasteiger partial charge is 0.226 e. The quantitative estimate of drug-likeness (QED) is 0.735. The third-order valence-electron chi connectivity index (χ3n) is 6.17. The van der Waals surface area contributed by atoms with Crippen LogP contribution >= 0.6 is 0 Å². The number of hydrogen-bond acceptors (Lipinski definition) is 4. The molecule has 158 valence electrons. The van der Waals surface area contributed by atoms with E-state index in [-0.39, 0.29) is 5.91 Å². The highest BCUT2D eigenvalue weighted by atomic mass is 16.1. The van der Waals surface area contributed by atoms with Crippen LogP contribution in [-0.2, 0) is 17.8 Å². The van der Waals surface area contributed by atoms with Gasteiger partial charge in [-0.1, -0.05) is 26.0 Å². The lowest BCUT2D eigenvalue weighted by atomic mass is 9.83. The molecule has 1 aliphatic heterocycles. The summed E-state index contributed by atoms with van der Waals surface area (Å²) in [6, 6.07) is 8.32. The van der Waals surface area contributed by atoms with E-state index in [4.69, 9.17) is 0 Å². The van der Waals surface area contributed by atoms with Gasteiger partial charge in [-0.15, -0.1) is 0 Å². The second-order valence-corrected chi connectivity index (χ2v) is 8.38. The van der Waals surface area contributed by atoms with E-state index in [1.54, 1.807) is 4.68 Å². The maximum atomic E-state index is 12.2. The lowest BCUT2D eigenvalue weighted by Gasteiger charge is -2.36. The minimum Gasteiger partial charge on any atom is -0.326 e. The molecule has 0 radical (unpaired) electrons. The number of carbonyl (C=O) groups is 1. The van der Waals surface area contributed by atoms with Crippen LogP contribution < -0.4 is 5.32 Å². The van der Waals surface area contributed by atoms with Crippen molar-refractivity contribution in [3.63, 3.8) is 0 Å². The van der Waals surface area contributed by atoms with Crippen molar-refractivity contribution >= 4 is 11.6 Å². The second-order valence-electron chi connectivity index (χ2n) is 8.38. The summed E-state index contributed by atoms with van der Waals surface area (Å²) >= 11 is 0. The fraction of sp³-hybridized carbons (Fsp3) is 0.609. The average Bonchev–Trinajstić information content (AvgIpc) is 3.03. The van der Waals surface area contributed by atoms with Gasteiger partial charge in [0.15, 0.2) is 0 Å². The molecule has 0 unspecified atom stereocenters. The van der Waals surface area contributed by atoms with Crippen molar-refractivity contribution in [1.82, 2.24) is 19.7 Å². The number of aromatic nitrogens is 3. The van der Waals surface area contributed by atoms with Gasteiger partial charge in [0, 0.05) is 18.7 Å². The summed E-state index contributed by atoms with van der Waals surface area (Å²) in [7, 11) is 0. The lowest BCUT2D eigenvalue weighted by molar-refractivity contribution is -0.116. The van der Waals surface area contributed by atoms with Crippen molar-refractivity contribution < 1.29 is 4.79 Å². The number of anilines is 1. The lowest BCUT2D eigenvalue weighted by Crippen LogP contribution is -2.39. The van der Waals surface area contributed by atoms with Gasteiger partial charge < -0.3 is 10.2 Å². The fourth-order valence-corrected chi connectivity index (χ4v) is 4.31. The fourth-order valence-electron chi connectivity index (χ4n) is 4.31. The van der Waals surface area contributed by atoms with Gasteiger partial charge >= 0.3 is 0 Å². The van der Waals surface area contributed by atoms with Crippen LogP contribution in [0, 0.1) is 25.7 Å². The Kier molecular flexibility index (Phi) is 7.42. The first-order valence-electron chi connectivity index (χ1n) is 10.9. The van der Waals surface area contributed by atoms with Crippen LogP contribution in [0.1, 0.15) is 50.3 Å². The molecule has 0 spiro atoms. The van der Waals surface area contributed by atoms with Crippen LogP contribution in [0.25, 0.3) is 0 Å². The monoisotopic (exact) mass is 397 g/mol. The minimum absolute atomic E-state index is 0.00168. The molecule has 2 atom stereocenters. The van der Waals surface area contributed by atoms with E-state index in [9.17, 15) is 4.79 Å². The van der Waals surface area contributed by atoms with Crippen molar-refractivity contribution in [2.75, 3.05) is 25.0 Å². The van der Waals surface area contributed by atoms with E-state index >= 15 is 0 Å². The predicted octanol–water partition coefficient (Wildman–Crippen LogP) is 3.83. The molecule has 1 aromatic heterocycles. The van der Waals surface area contributed by atoms with Crippen molar-refractivity contribution in [3.05, 3.63) is 41.5 Å². The molecular weight excluding hydrogens is 362 g/mol. The van der Waals surface area contributed by atoms with E-state index in [0.717, 1.165) is 35.6 Å². The number of aryl methyl sites for hydroxylation is 4. The summed E-state index contributed by atoms with van der Waals surface area (Å²) in [4.78, 5) is 19.1. The van der Waals surface area contributed by atoms with Crippen molar-refractivity contribution in [2.45, 2.75) is 59.9 Å². The van der Waals surface area contributed by atoms with Crippen LogP contribution in [0.5, 0.6) is 0 Å². The van der Waals surface area contributed by atoms with Gasteiger partial charge in [-0.25, -0.2) is 9.67 Å². The Morgan fingerprint density at radius 2 is 2.00 bits per heavy atom. The summed E-state index contributed by atoms with van der Waals surface area (Å²) in [5.41, 5.74) is 2.21. The molecule has 6 heteroatoms. The maximum absolute atomic E-state index is 12.2. The molecule has 1 fully saturated rings. The number of likely N-dealkylation sites (tertiary alicyclic amines) is 1. The van der Waals surface area contributed by atoms with Crippen LogP contribution in [0.15, 0.2) is 24.3 Å². The number of piperidine rings is 1. The molecule has 1 amide bonds. The molecule has 1 saturated heterocycles. The highest BCUT2D eigenvalue weighted by Gasteiger charge is 2.24. The maximum Gasteiger partial charge on any atom is 0.226 e. The molecule has 2 aromatic rings. The summed E-state index contributed by atoms with van der Waals surface area (Å²) in [6.45, 7) is 12.6. The number of benzene rings is 1. The highest BCUT2D eigenvalue weighted by molar-refractivity contribution is 5.90. The number of carbonyl (C=O) groups excluding carboxylic acids is 1. The third kappa shape index (κ3) is 6.13. The molecule has 0 bridgehead atoms. The molecule has 29 heavy (non-hydrogen) atoms. The Labute approximate surface area is 174 Å². The van der Waals surface area contributed by atoms with Gasteiger partial charge in [-0.05, 0) is 75.7 Å². The summed E-state index contributed by atoms with van der Waals surface area (Å²) in [5.74, 6) is 3.18. The minimum atomic E-state index is 0.00168. The van der Waals surface area contributed by atoms with E-state index in [0.29, 0.717) is 13.0 Å². The van der Waals surface area contributed by atoms with Crippen molar-refractivity contribution in [2.24, 2.45) is 11.8 Å². The molecule has 0 aliphatic carbocycles. The number of hydrogen-bond donors (Lipinski definition) is 1. The molecule has 0 saturated carbocycles. The first-order chi connectivity index (χ1) is 13.9. The van der Waals surface area contributed by atoms with Gasteiger partial charge in [0.2, 0.25) is 5.91 Å². The topological polar surface area (TPSA) is 63.1 Å². The standard InChI is InChI=1S/C23H35N5O/c1-5-27-14-12-21(17(2)16-27)9-6-20-7-10-22(11-8-20)25-23(29)13-15-28-19(4)24-18(3)26-28/h7-8,10-11,17,21H,5-6,9,12-16H2,1-4H3,(H,25,29)/t17-,21+/m0/s1.